The van der Waals surface area contributed by atoms with Gasteiger partial charge in [0.1, 0.15) is 0 Å². The summed E-state index contributed by atoms with van der Waals surface area (Å²) < 4.78 is 1.83. The number of anilines is 1. The molecular formula is C15H21N7. The average molecular weight is 299 g/mol. The smallest absolute Gasteiger partial charge is 0.151 e. The van der Waals surface area contributed by atoms with E-state index in [1.165, 1.54) is 12.8 Å². The molecule has 0 unspecified atom stereocenters. The molecule has 0 radical (unpaired) electrons. The second kappa shape index (κ2) is 5.31. The SMILES string of the molecule is CN(Cc1cnnn1C)C1CN(c2ccc(C3CC3)nn2)C1. The minimum absolute atomic E-state index is 0.541. The zero-order chi connectivity index (χ0) is 15.1. The molecule has 2 aliphatic rings. The highest BCUT2D eigenvalue weighted by Gasteiger charge is 2.32. The Morgan fingerprint density at radius 3 is 2.64 bits per heavy atom. The molecule has 1 saturated heterocycles. The van der Waals surface area contributed by atoms with Gasteiger partial charge in [0.05, 0.1) is 17.6 Å². The normalized spacial score (nSPS) is 18.8. The summed E-state index contributed by atoms with van der Waals surface area (Å²) >= 11 is 0. The van der Waals surface area contributed by atoms with E-state index < -0.39 is 0 Å². The van der Waals surface area contributed by atoms with Crippen molar-refractivity contribution in [3.63, 3.8) is 0 Å². The minimum atomic E-state index is 0.541. The van der Waals surface area contributed by atoms with Crippen molar-refractivity contribution in [2.24, 2.45) is 7.05 Å². The molecule has 4 rings (SSSR count). The van der Waals surface area contributed by atoms with Crippen LogP contribution >= 0.6 is 0 Å². The lowest BCUT2D eigenvalue weighted by atomic mass is 10.1. The van der Waals surface area contributed by atoms with Gasteiger partial charge in [0.15, 0.2) is 5.82 Å². The van der Waals surface area contributed by atoms with E-state index in [-0.39, 0.29) is 0 Å². The van der Waals surface area contributed by atoms with Crippen LogP contribution in [0.1, 0.15) is 30.1 Å². The molecule has 0 N–H and O–H groups in total. The summed E-state index contributed by atoms with van der Waals surface area (Å²) in [6.07, 6.45) is 4.37. The molecule has 1 saturated carbocycles. The second-order valence-corrected chi connectivity index (χ2v) is 6.41. The quantitative estimate of drug-likeness (QED) is 0.814. The summed E-state index contributed by atoms with van der Waals surface area (Å²) in [7, 11) is 4.08. The van der Waals surface area contributed by atoms with Crippen molar-refractivity contribution in [3.05, 3.63) is 29.7 Å². The summed E-state index contributed by atoms with van der Waals surface area (Å²) in [5, 5.41) is 16.6. The van der Waals surface area contributed by atoms with Crippen molar-refractivity contribution in [1.29, 1.82) is 0 Å². The summed E-state index contributed by atoms with van der Waals surface area (Å²) in [5.74, 6) is 1.67. The zero-order valence-corrected chi connectivity index (χ0v) is 13.1. The van der Waals surface area contributed by atoms with Crippen LogP contribution in [-0.2, 0) is 13.6 Å². The van der Waals surface area contributed by atoms with Gasteiger partial charge in [-0.2, -0.15) is 5.10 Å². The molecule has 1 aliphatic heterocycles. The fourth-order valence-corrected chi connectivity index (χ4v) is 2.86. The molecule has 7 heteroatoms. The molecule has 0 spiro atoms. The number of hydrogen-bond donors (Lipinski definition) is 0. The van der Waals surface area contributed by atoms with Gasteiger partial charge in [-0.15, -0.1) is 10.2 Å². The second-order valence-electron chi connectivity index (χ2n) is 6.41. The van der Waals surface area contributed by atoms with Crippen molar-refractivity contribution < 1.29 is 0 Å². The summed E-state index contributed by atoms with van der Waals surface area (Å²) in [5.41, 5.74) is 2.29. The van der Waals surface area contributed by atoms with Crippen LogP contribution in [0.4, 0.5) is 5.82 Å². The molecular weight excluding hydrogens is 278 g/mol. The Morgan fingerprint density at radius 2 is 2.05 bits per heavy atom. The molecule has 7 nitrogen and oxygen atoms in total. The highest BCUT2D eigenvalue weighted by Crippen LogP contribution is 2.38. The first-order chi connectivity index (χ1) is 10.7. The predicted octanol–water partition coefficient (Wildman–Crippen LogP) is 0.803. The molecule has 2 fully saturated rings. The van der Waals surface area contributed by atoms with Gasteiger partial charge in [0, 0.05) is 38.6 Å². The van der Waals surface area contributed by atoms with Crippen LogP contribution in [0.15, 0.2) is 18.3 Å². The van der Waals surface area contributed by atoms with Gasteiger partial charge < -0.3 is 4.90 Å². The third kappa shape index (κ3) is 2.56. The molecule has 0 aromatic carbocycles. The first-order valence-corrected chi connectivity index (χ1v) is 7.83. The van der Waals surface area contributed by atoms with Crippen LogP contribution in [0.3, 0.4) is 0 Å². The topological polar surface area (TPSA) is 63.0 Å². The lowest BCUT2D eigenvalue weighted by Crippen LogP contribution is -2.58. The average Bonchev–Trinajstić information content (AvgIpc) is 3.24. The van der Waals surface area contributed by atoms with Crippen LogP contribution in [0.2, 0.25) is 0 Å². The van der Waals surface area contributed by atoms with Crippen LogP contribution in [-0.4, -0.2) is 56.3 Å². The molecule has 1 aliphatic carbocycles. The Morgan fingerprint density at radius 1 is 1.23 bits per heavy atom. The fourth-order valence-electron chi connectivity index (χ4n) is 2.86. The van der Waals surface area contributed by atoms with Gasteiger partial charge in [0.25, 0.3) is 0 Å². The first-order valence-electron chi connectivity index (χ1n) is 7.83. The standard InChI is InChI=1S/C15H21N7/c1-20(8-12-7-16-19-21(12)2)13-9-22(10-13)15-6-5-14(17-18-15)11-3-4-11/h5-7,11,13H,3-4,8-10H2,1-2H3. The number of hydrogen-bond acceptors (Lipinski definition) is 6. The Balaban J connectivity index is 1.32. The van der Waals surface area contributed by atoms with E-state index in [0.29, 0.717) is 12.0 Å². The maximum atomic E-state index is 4.38. The molecule has 0 atom stereocenters. The monoisotopic (exact) mass is 299 g/mol. The predicted molar refractivity (Wildman–Crippen MR) is 82.5 cm³/mol. The van der Waals surface area contributed by atoms with E-state index in [4.69, 9.17) is 0 Å². The summed E-state index contributed by atoms with van der Waals surface area (Å²) in [4.78, 5) is 4.63. The van der Waals surface area contributed by atoms with Crippen LogP contribution < -0.4 is 4.90 Å². The fraction of sp³-hybridized carbons (Fsp3) is 0.600. The van der Waals surface area contributed by atoms with Crippen LogP contribution in [0.5, 0.6) is 0 Å². The van der Waals surface area contributed by atoms with Crippen molar-refractivity contribution in [2.45, 2.75) is 31.3 Å². The zero-order valence-electron chi connectivity index (χ0n) is 13.1. The molecule has 116 valence electrons. The number of likely N-dealkylation sites (N-methyl/N-ethyl adjacent to an activating group) is 1. The van der Waals surface area contributed by atoms with Crippen LogP contribution in [0, 0.1) is 0 Å². The highest BCUT2D eigenvalue weighted by atomic mass is 15.4. The Kier molecular flexibility index (Phi) is 3.29. The third-order valence-corrected chi connectivity index (χ3v) is 4.70. The molecule has 3 heterocycles. The lowest BCUT2D eigenvalue weighted by Gasteiger charge is -2.44. The van der Waals surface area contributed by atoms with E-state index in [1.54, 1.807) is 0 Å². The van der Waals surface area contributed by atoms with Crippen molar-refractivity contribution >= 4 is 5.82 Å². The van der Waals surface area contributed by atoms with E-state index in [2.05, 4.69) is 49.5 Å². The number of rotatable bonds is 5. The highest BCUT2D eigenvalue weighted by molar-refractivity contribution is 5.42. The Bertz CT molecular complexity index is 640. The molecule has 0 bridgehead atoms. The first kappa shape index (κ1) is 13.6. The van der Waals surface area contributed by atoms with E-state index >= 15 is 0 Å². The molecule has 2 aromatic rings. The van der Waals surface area contributed by atoms with Gasteiger partial charge in [-0.3, -0.25) is 9.58 Å². The van der Waals surface area contributed by atoms with Gasteiger partial charge in [-0.1, -0.05) is 5.21 Å². The van der Waals surface area contributed by atoms with Crippen molar-refractivity contribution in [1.82, 2.24) is 30.1 Å². The number of nitrogens with zero attached hydrogens (tertiary/aromatic N) is 7. The van der Waals surface area contributed by atoms with E-state index in [0.717, 1.165) is 36.8 Å². The minimum Gasteiger partial charge on any atom is -0.352 e. The third-order valence-electron chi connectivity index (χ3n) is 4.70. The van der Waals surface area contributed by atoms with Gasteiger partial charge in [0.2, 0.25) is 0 Å². The van der Waals surface area contributed by atoms with E-state index in [9.17, 15) is 0 Å². The number of aromatic nitrogens is 5. The summed E-state index contributed by atoms with van der Waals surface area (Å²) in [6, 6.07) is 4.79. The number of aryl methyl sites for hydroxylation is 1. The molecule has 22 heavy (non-hydrogen) atoms. The van der Waals surface area contributed by atoms with Gasteiger partial charge in [-0.25, -0.2) is 0 Å². The molecule has 2 aromatic heterocycles. The Hall–Kier alpha value is -2.02. The van der Waals surface area contributed by atoms with Gasteiger partial charge >= 0.3 is 0 Å². The maximum Gasteiger partial charge on any atom is 0.151 e. The Labute approximate surface area is 129 Å². The van der Waals surface area contributed by atoms with Gasteiger partial charge in [-0.05, 0) is 32.0 Å². The van der Waals surface area contributed by atoms with E-state index in [1.807, 2.05) is 17.9 Å². The van der Waals surface area contributed by atoms with Crippen molar-refractivity contribution in [2.75, 3.05) is 25.0 Å². The summed E-state index contributed by atoms with van der Waals surface area (Å²) in [6.45, 7) is 2.87. The largest absolute Gasteiger partial charge is 0.352 e. The maximum absolute atomic E-state index is 4.38. The molecule has 0 amide bonds. The van der Waals surface area contributed by atoms with Crippen LogP contribution in [0.25, 0.3) is 0 Å². The lowest BCUT2D eigenvalue weighted by molar-refractivity contribution is 0.192. The van der Waals surface area contributed by atoms with Crippen molar-refractivity contribution in [3.8, 4) is 0 Å².